The van der Waals surface area contributed by atoms with Gasteiger partial charge in [-0.15, -0.1) is 5.73 Å². The number of allylic oxidation sites excluding steroid dienone is 1. The lowest BCUT2D eigenvalue weighted by molar-refractivity contribution is 0.0414. The lowest BCUT2D eigenvalue weighted by atomic mass is 10.1. The molecule has 1 atom stereocenters. The molecule has 1 unspecified atom stereocenters. The van der Waals surface area contributed by atoms with Gasteiger partial charge < -0.3 is 9.84 Å². The van der Waals surface area contributed by atoms with E-state index in [-0.39, 0.29) is 6.10 Å². The van der Waals surface area contributed by atoms with Crippen LogP contribution in [0.2, 0.25) is 0 Å². The first-order chi connectivity index (χ1) is 8.83. The quantitative estimate of drug-likeness (QED) is 0.447. The zero-order valence-electron chi connectivity index (χ0n) is 11.5. The minimum atomic E-state index is -0.314. The summed E-state index contributed by atoms with van der Waals surface area (Å²) in [6.45, 7) is 3.22. The maximum atomic E-state index is 9.75. The molecule has 2 heteroatoms. The molecule has 0 fully saturated rings. The highest BCUT2D eigenvalue weighted by Crippen LogP contribution is 2.09. The highest BCUT2D eigenvalue weighted by Gasteiger charge is 2.04. The molecule has 0 spiro atoms. The lowest BCUT2D eigenvalue weighted by Crippen LogP contribution is -2.15. The van der Waals surface area contributed by atoms with Gasteiger partial charge in [0, 0.05) is 5.57 Å². The number of unbranched alkanes of at least 4 members (excludes halogenated alkanes) is 5. The zero-order chi connectivity index (χ0) is 13.1. The SMILES string of the molecule is CCCCCCCCC(O)COCC1=C=CC=C1. The summed E-state index contributed by atoms with van der Waals surface area (Å²) >= 11 is 0. The summed E-state index contributed by atoms with van der Waals surface area (Å²) in [5.41, 5.74) is 4.13. The molecule has 0 aliphatic heterocycles. The Hall–Kier alpha value is -0.820. The van der Waals surface area contributed by atoms with Crippen LogP contribution in [-0.4, -0.2) is 24.4 Å². The van der Waals surface area contributed by atoms with Crippen molar-refractivity contribution in [2.75, 3.05) is 13.2 Å². The van der Waals surface area contributed by atoms with Gasteiger partial charge in [0.2, 0.25) is 0 Å². The van der Waals surface area contributed by atoms with Crippen molar-refractivity contribution in [1.29, 1.82) is 0 Å². The molecule has 0 saturated carbocycles. The molecule has 1 aliphatic rings. The average molecular weight is 250 g/mol. The van der Waals surface area contributed by atoms with Crippen molar-refractivity contribution in [3.05, 3.63) is 29.5 Å². The Kier molecular flexibility index (Phi) is 8.58. The molecule has 102 valence electrons. The summed E-state index contributed by atoms with van der Waals surface area (Å²) in [5, 5.41) is 9.75. The van der Waals surface area contributed by atoms with E-state index in [9.17, 15) is 5.11 Å². The van der Waals surface area contributed by atoms with Crippen LogP contribution >= 0.6 is 0 Å². The third-order valence-corrected chi connectivity index (χ3v) is 3.12. The fourth-order valence-electron chi connectivity index (χ4n) is 2.01. The predicted molar refractivity (Wildman–Crippen MR) is 75.6 cm³/mol. The predicted octanol–water partition coefficient (Wildman–Crippen LogP) is 3.77. The molecule has 1 N–H and O–H groups in total. The highest BCUT2D eigenvalue weighted by atomic mass is 16.5. The maximum Gasteiger partial charge on any atom is 0.0790 e. The van der Waals surface area contributed by atoms with Gasteiger partial charge in [0.05, 0.1) is 19.3 Å². The summed E-state index contributed by atoms with van der Waals surface area (Å²) in [7, 11) is 0. The second-order valence-corrected chi connectivity index (χ2v) is 4.92. The van der Waals surface area contributed by atoms with E-state index in [4.69, 9.17) is 4.74 Å². The fraction of sp³-hybridized carbons (Fsp3) is 0.688. The highest BCUT2D eigenvalue weighted by molar-refractivity contribution is 5.29. The standard InChI is InChI=1S/C16H26O2/c1-2-3-4-5-6-7-12-16(17)14-18-13-15-10-8-9-11-15/h8-10,16-17H,2-7,12-14H2,1H3. The molecule has 0 bridgehead atoms. The van der Waals surface area contributed by atoms with Crippen molar-refractivity contribution in [2.24, 2.45) is 0 Å². The van der Waals surface area contributed by atoms with Crippen LogP contribution in [0.1, 0.15) is 51.9 Å². The first-order valence-corrected chi connectivity index (χ1v) is 7.21. The Morgan fingerprint density at radius 3 is 2.72 bits per heavy atom. The van der Waals surface area contributed by atoms with Crippen LogP contribution in [0, 0.1) is 0 Å². The molecule has 0 radical (unpaired) electrons. The normalized spacial score (nSPS) is 15.1. The van der Waals surface area contributed by atoms with Gasteiger partial charge in [-0.2, -0.15) is 0 Å². The first kappa shape index (κ1) is 15.2. The van der Waals surface area contributed by atoms with E-state index in [1.165, 1.54) is 32.1 Å². The van der Waals surface area contributed by atoms with Gasteiger partial charge in [0.1, 0.15) is 0 Å². The molecule has 18 heavy (non-hydrogen) atoms. The minimum Gasteiger partial charge on any atom is -0.391 e. The zero-order valence-corrected chi connectivity index (χ0v) is 11.5. The number of aliphatic hydroxyl groups is 1. The van der Waals surface area contributed by atoms with Crippen LogP contribution in [0.5, 0.6) is 0 Å². The Morgan fingerprint density at radius 2 is 2.00 bits per heavy atom. The number of hydrogen-bond donors (Lipinski definition) is 1. The van der Waals surface area contributed by atoms with E-state index in [1.54, 1.807) is 0 Å². The van der Waals surface area contributed by atoms with Crippen molar-refractivity contribution in [3.8, 4) is 0 Å². The van der Waals surface area contributed by atoms with Gasteiger partial charge in [-0.25, -0.2) is 0 Å². The van der Waals surface area contributed by atoms with Gasteiger partial charge in [-0.1, -0.05) is 51.5 Å². The summed E-state index contributed by atoms with van der Waals surface area (Å²) in [6, 6.07) is 0. The number of aliphatic hydroxyl groups excluding tert-OH is 1. The van der Waals surface area contributed by atoms with E-state index < -0.39 is 0 Å². The molecular weight excluding hydrogens is 224 g/mol. The molecule has 1 aliphatic carbocycles. The molecule has 0 amide bonds. The van der Waals surface area contributed by atoms with E-state index in [2.05, 4.69) is 12.7 Å². The molecule has 0 aromatic heterocycles. The van der Waals surface area contributed by atoms with E-state index in [0.29, 0.717) is 13.2 Å². The molecule has 2 nitrogen and oxygen atoms in total. The van der Waals surface area contributed by atoms with Crippen molar-refractivity contribution in [2.45, 2.75) is 58.0 Å². The summed E-state index contributed by atoms with van der Waals surface area (Å²) in [4.78, 5) is 0. The Morgan fingerprint density at radius 1 is 1.22 bits per heavy atom. The Labute approximate surface area is 111 Å². The Bertz CT molecular complexity index is 298. The van der Waals surface area contributed by atoms with E-state index >= 15 is 0 Å². The summed E-state index contributed by atoms with van der Waals surface area (Å²) in [5.74, 6) is 0. The lowest BCUT2D eigenvalue weighted by Gasteiger charge is -2.10. The maximum absolute atomic E-state index is 9.75. The van der Waals surface area contributed by atoms with Gasteiger partial charge in [0.25, 0.3) is 0 Å². The van der Waals surface area contributed by atoms with Crippen LogP contribution < -0.4 is 0 Å². The fourth-order valence-corrected chi connectivity index (χ4v) is 2.01. The average Bonchev–Trinajstić information content (AvgIpc) is 2.87. The Balaban J connectivity index is 1.89. The molecular formula is C16H26O2. The van der Waals surface area contributed by atoms with Crippen LogP contribution in [0.4, 0.5) is 0 Å². The smallest absolute Gasteiger partial charge is 0.0790 e. The van der Waals surface area contributed by atoms with Crippen LogP contribution in [0.15, 0.2) is 29.5 Å². The largest absolute Gasteiger partial charge is 0.391 e. The second-order valence-electron chi connectivity index (χ2n) is 4.92. The van der Waals surface area contributed by atoms with Crippen LogP contribution in [0.25, 0.3) is 0 Å². The van der Waals surface area contributed by atoms with Crippen LogP contribution in [-0.2, 0) is 4.74 Å². The van der Waals surface area contributed by atoms with Crippen molar-refractivity contribution >= 4 is 0 Å². The summed E-state index contributed by atoms with van der Waals surface area (Å²) in [6.07, 6.45) is 13.9. The molecule has 0 aromatic rings. The number of hydrogen-bond acceptors (Lipinski definition) is 2. The first-order valence-electron chi connectivity index (χ1n) is 7.21. The van der Waals surface area contributed by atoms with Gasteiger partial charge in [-0.05, 0) is 18.6 Å². The third kappa shape index (κ3) is 7.50. The molecule has 0 heterocycles. The van der Waals surface area contributed by atoms with Crippen molar-refractivity contribution in [3.63, 3.8) is 0 Å². The van der Waals surface area contributed by atoms with E-state index in [0.717, 1.165) is 18.4 Å². The van der Waals surface area contributed by atoms with Crippen molar-refractivity contribution in [1.82, 2.24) is 0 Å². The van der Waals surface area contributed by atoms with Crippen molar-refractivity contribution < 1.29 is 9.84 Å². The number of rotatable bonds is 11. The second kappa shape index (κ2) is 10.1. The summed E-state index contributed by atoms with van der Waals surface area (Å²) < 4.78 is 5.45. The van der Waals surface area contributed by atoms with Crippen LogP contribution in [0.3, 0.4) is 0 Å². The monoisotopic (exact) mass is 250 g/mol. The van der Waals surface area contributed by atoms with E-state index in [1.807, 2.05) is 18.2 Å². The topological polar surface area (TPSA) is 29.5 Å². The molecule has 0 saturated heterocycles. The number of ether oxygens (including phenoxy) is 1. The van der Waals surface area contributed by atoms with Gasteiger partial charge >= 0.3 is 0 Å². The third-order valence-electron chi connectivity index (χ3n) is 3.12. The molecule has 1 rings (SSSR count). The molecule has 0 aromatic carbocycles. The van der Waals surface area contributed by atoms with Gasteiger partial charge in [0.15, 0.2) is 0 Å². The van der Waals surface area contributed by atoms with Gasteiger partial charge in [-0.3, -0.25) is 0 Å². The minimum absolute atomic E-state index is 0.314.